The number of nitrogens with one attached hydrogen (secondary N) is 1. The SMILES string of the molecule is CC(C)(C)C(=O)O[C@@H]1[C@@H](CO)OC(Cc2ccccc2)(OC(=O)C(=O)[C@H](O)[C@@H](O)[C@H](O)CO)[C@@](OC(=O)C(C)(C)C)(n2ccnc2S(=O)(=O)CCCOc2ccc3c(c2)CCC(=O)N3)[C@@]1(C)OC(=O)C(C)(C)C. The summed E-state index contributed by atoms with van der Waals surface area (Å²) in [7, 11) is -4.83. The zero-order chi connectivity index (χ0) is 54.7. The molecule has 402 valence electrons. The number of aryl methyl sites for hydroxylation is 1. The number of nitrogens with zero attached hydrogens (tertiary/aromatic N) is 2. The minimum absolute atomic E-state index is 0.118. The lowest BCUT2D eigenvalue weighted by molar-refractivity contribution is -0.442. The van der Waals surface area contributed by atoms with Crippen LogP contribution in [0.15, 0.2) is 66.1 Å². The molecule has 0 spiro atoms. The van der Waals surface area contributed by atoms with E-state index in [9.17, 15) is 54.3 Å². The molecular formula is C50H67N3O19S. The number of imidazole rings is 1. The highest BCUT2D eigenvalue weighted by atomic mass is 32.2. The van der Waals surface area contributed by atoms with Gasteiger partial charge < -0.3 is 59.3 Å². The second kappa shape index (κ2) is 21.9. The summed E-state index contributed by atoms with van der Waals surface area (Å²) in [6.45, 7) is 11.4. The van der Waals surface area contributed by atoms with Gasteiger partial charge in [-0.1, -0.05) is 30.3 Å². The predicted octanol–water partition coefficient (Wildman–Crippen LogP) is 2.08. The highest BCUT2D eigenvalue weighted by molar-refractivity contribution is 7.91. The van der Waals surface area contributed by atoms with Crippen molar-refractivity contribution >= 4 is 51.1 Å². The quantitative estimate of drug-likeness (QED) is 0.0433. The number of benzene rings is 2. The van der Waals surface area contributed by atoms with Gasteiger partial charge in [-0.15, -0.1) is 0 Å². The number of amides is 1. The van der Waals surface area contributed by atoms with Crippen molar-refractivity contribution in [3.05, 3.63) is 72.1 Å². The first-order valence-corrected chi connectivity index (χ1v) is 25.2. The summed E-state index contributed by atoms with van der Waals surface area (Å²) in [6, 6.07) is 12.5. The van der Waals surface area contributed by atoms with Crippen molar-refractivity contribution in [3.63, 3.8) is 0 Å². The van der Waals surface area contributed by atoms with Crippen molar-refractivity contribution in [2.75, 3.05) is 30.9 Å². The topological polar surface area (TPSA) is 323 Å². The first kappa shape index (κ1) is 58.1. The van der Waals surface area contributed by atoms with Gasteiger partial charge in [-0.2, -0.15) is 0 Å². The molecule has 0 radical (unpaired) electrons. The number of ether oxygens (including phenoxy) is 6. The minimum Gasteiger partial charge on any atom is -0.494 e. The van der Waals surface area contributed by atoms with Crippen molar-refractivity contribution in [2.45, 2.75) is 148 Å². The maximum Gasteiger partial charge on any atom is 0.380 e. The van der Waals surface area contributed by atoms with Crippen LogP contribution in [-0.2, 0) is 80.9 Å². The van der Waals surface area contributed by atoms with Gasteiger partial charge in [0.15, 0.2) is 12.2 Å². The van der Waals surface area contributed by atoms with Gasteiger partial charge in [-0.05, 0) is 111 Å². The summed E-state index contributed by atoms with van der Waals surface area (Å²) in [5.74, 6) is -11.3. The van der Waals surface area contributed by atoms with Crippen LogP contribution in [0.3, 0.4) is 0 Å². The molecule has 22 nitrogen and oxygen atoms in total. The molecule has 1 aromatic heterocycles. The number of ketones is 1. The number of aliphatic hydroxyl groups is 5. The maximum absolute atomic E-state index is 15.0. The number of esters is 4. The van der Waals surface area contributed by atoms with Crippen LogP contribution in [0.25, 0.3) is 0 Å². The van der Waals surface area contributed by atoms with Crippen molar-refractivity contribution in [3.8, 4) is 5.75 Å². The van der Waals surface area contributed by atoms with Gasteiger partial charge in [-0.25, -0.2) is 18.2 Å². The normalized spacial score (nSPS) is 23.7. The van der Waals surface area contributed by atoms with Gasteiger partial charge >= 0.3 is 29.6 Å². The first-order chi connectivity index (χ1) is 33.8. The summed E-state index contributed by atoms with van der Waals surface area (Å²) in [6.07, 6.45) is -10.1. The Labute approximate surface area is 423 Å². The third-order valence-electron chi connectivity index (χ3n) is 12.1. The van der Waals surface area contributed by atoms with Crippen LogP contribution in [0.2, 0.25) is 0 Å². The van der Waals surface area contributed by atoms with E-state index in [2.05, 4.69) is 10.3 Å². The van der Waals surface area contributed by atoms with Gasteiger partial charge in [0.05, 0.1) is 41.8 Å². The molecule has 2 aliphatic rings. The van der Waals surface area contributed by atoms with Crippen molar-refractivity contribution in [2.24, 2.45) is 16.2 Å². The predicted molar refractivity (Wildman–Crippen MR) is 256 cm³/mol. The molecule has 0 aliphatic carbocycles. The molecule has 23 heteroatoms. The van der Waals surface area contributed by atoms with Crippen molar-refractivity contribution < 1.29 is 91.1 Å². The number of hydrogen-bond donors (Lipinski definition) is 6. The number of carbonyl (C=O) groups excluding carboxylic acids is 6. The van der Waals surface area contributed by atoms with Gasteiger partial charge in [0.2, 0.25) is 26.5 Å². The van der Waals surface area contributed by atoms with Crippen LogP contribution in [0.5, 0.6) is 5.75 Å². The van der Waals surface area contributed by atoms with Crippen molar-refractivity contribution in [1.29, 1.82) is 0 Å². The van der Waals surface area contributed by atoms with Gasteiger partial charge in [0, 0.05) is 30.9 Å². The minimum atomic E-state index is -4.83. The summed E-state index contributed by atoms with van der Waals surface area (Å²) < 4.78 is 68.7. The van der Waals surface area contributed by atoms with E-state index in [4.69, 9.17) is 28.4 Å². The zero-order valence-corrected chi connectivity index (χ0v) is 43.4. The van der Waals surface area contributed by atoms with E-state index in [-0.39, 0.29) is 30.9 Å². The first-order valence-electron chi connectivity index (χ1n) is 23.5. The third-order valence-corrected chi connectivity index (χ3v) is 13.8. The van der Waals surface area contributed by atoms with Crippen LogP contribution in [0, 0.1) is 16.2 Å². The fraction of sp³-hybridized carbons (Fsp3) is 0.580. The Morgan fingerprint density at radius 1 is 0.863 bits per heavy atom. The Hall–Kier alpha value is -5.82. The molecule has 0 saturated carbocycles. The number of carbonyl (C=O) groups is 6. The molecule has 1 unspecified atom stereocenters. The standard InChI is InChI=1S/C50H67N3O19S/c1-45(2,3)41(62)68-39-34(28-55)69-49(26-29-15-12-11-13-16-29,70-40(61)38(60)37(59)36(58)33(56)27-54)50(72-43(64)47(7,8)9,48(39,10)71-42(63)46(4,5)6)53-22-21-51-44(53)73(65,66)24-14-23-67-31-18-19-32-30(25-31)17-20-35(57)52-32/h11-13,15-16,18-19,21-22,25,33-34,36-37,39,54-56,58-59H,14,17,20,23-24,26-28H2,1-10H3,(H,52,57)/t33-,34-,36+,37-,39-,48+,49?,50-/m1/s1. The maximum atomic E-state index is 15.0. The number of fused-ring (bicyclic) bond motifs is 1. The van der Waals surface area contributed by atoms with E-state index in [1.807, 2.05) is 0 Å². The van der Waals surface area contributed by atoms with Crippen LogP contribution < -0.4 is 10.1 Å². The average Bonchev–Trinajstić information content (AvgIpc) is 3.82. The molecule has 8 atom stereocenters. The van der Waals surface area contributed by atoms with E-state index in [0.717, 1.165) is 24.9 Å². The lowest BCUT2D eigenvalue weighted by Gasteiger charge is -2.62. The molecule has 2 aromatic carbocycles. The Morgan fingerprint density at radius 2 is 1.48 bits per heavy atom. The summed E-state index contributed by atoms with van der Waals surface area (Å²) >= 11 is 0. The van der Waals surface area contributed by atoms with Gasteiger partial charge in [-0.3, -0.25) is 28.5 Å². The number of aromatic nitrogens is 2. The second-order valence-electron chi connectivity index (χ2n) is 21.3. The van der Waals surface area contributed by atoms with E-state index in [1.54, 1.807) is 24.3 Å². The largest absolute Gasteiger partial charge is 0.494 e. The van der Waals surface area contributed by atoms with Crippen LogP contribution in [0.4, 0.5) is 5.69 Å². The Bertz CT molecular complexity index is 2640. The van der Waals surface area contributed by atoms with Gasteiger partial charge in [0.25, 0.3) is 11.6 Å². The summed E-state index contributed by atoms with van der Waals surface area (Å²) in [5, 5.41) is 54.4. The molecule has 73 heavy (non-hydrogen) atoms. The molecule has 3 aromatic rings. The Kier molecular flexibility index (Phi) is 17.5. The summed E-state index contributed by atoms with van der Waals surface area (Å²) in [4.78, 5) is 88.5. The van der Waals surface area contributed by atoms with Gasteiger partial charge in [0.1, 0.15) is 24.1 Å². The number of anilines is 1. The molecule has 1 saturated heterocycles. The molecule has 3 heterocycles. The number of sulfone groups is 1. The summed E-state index contributed by atoms with van der Waals surface area (Å²) in [5.41, 5.74) is -9.31. The van der Waals surface area contributed by atoms with E-state index in [1.165, 1.54) is 86.6 Å². The number of aliphatic hydroxyl groups excluding tert-OH is 5. The van der Waals surface area contributed by atoms with Crippen LogP contribution in [-0.4, -0.2) is 147 Å². The second-order valence-corrected chi connectivity index (χ2v) is 23.3. The fourth-order valence-electron chi connectivity index (χ4n) is 8.03. The number of rotatable bonds is 19. The van der Waals surface area contributed by atoms with E-state index < -0.39 is 134 Å². The highest BCUT2D eigenvalue weighted by Gasteiger charge is 2.81. The Balaban J connectivity index is 1.87. The molecule has 6 N–H and O–H groups in total. The monoisotopic (exact) mass is 1050 g/mol. The number of Topliss-reactive ketones (excluding diaryl/α,β-unsaturated/α-hetero) is 1. The number of hydrogen-bond acceptors (Lipinski definition) is 20. The molecule has 0 bridgehead atoms. The molecule has 5 rings (SSSR count). The Morgan fingerprint density at radius 3 is 2.07 bits per heavy atom. The lowest BCUT2D eigenvalue weighted by Crippen LogP contribution is -2.83. The van der Waals surface area contributed by atoms with E-state index >= 15 is 8.42 Å². The van der Waals surface area contributed by atoms with Crippen molar-refractivity contribution in [1.82, 2.24) is 9.55 Å². The lowest BCUT2D eigenvalue weighted by atomic mass is 9.72. The smallest absolute Gasteiger partial charge is 0.380 e. The molecule has 2 aliphatic heterocycles. The van der Waals surface area contributed by atoms with Crippen LogP contribution in [0.1, 0.15) is 93.2 Å². The highest BCUT2D eigenvalue weighted by Crippen LogP contribution is 2.57. The third kappa shape index (κ3) is 12.2. The molecule has 1 fully saturated rings. The zero-order valence-electron chi connectivity index (χ0n) is 42.6. The molecular weight excluding hydrogens is 979 g/mol. The molecule has 1 amide bonds. The van der Waals surface area contributed by atoms with Crippen LogP contribution >= 0.6 is 0 Å². The van der Waals surface area contributed by atoms with E-state index in [0.29, 0.717) is 22.4 Å². The average molecular weight is 1050 g/mol. The fourth-order valence-corrected chi connectivity index (χ4v) is 9.42.